The highest BCUT2D eigenvalue weighted by Gasteiger charge is 2.64. The first-order valence-electron chi connectivity index (χ1n) is 10.0. The maximum absolute atomic E-state index is 13.6. The van der Waals surface area contributed by atoms with E-state index in [4.69, 9.17) is 4.74 Å². The van der Waals surface area contributed by atoms with Gasteiger partial charge in [-0.15, -0.1) is 11.3 Å². The number of rotatable bonds is 5. The smallest absolute Gasteiger partial charge is 0.235 e. The second-order valence-electron chi connectivity index (χ2n) is 7.92. The molecule has 0 bridgehead atoms. The fraction of sp³-hybridized carbons (Fsp3) is 0.348. The number of nitrogens with zero attached hydrogens (tertiary/aromatic N) is 2. The van der Waals surface area contributed by atoms with Crippen LogP contribution in [0.2, 0.25) is 0 Å². The first-order valence-corrected chi connectivity index (χ1v) is 10.9. The molecule has 30 heavy (non-hydrogen) atoms. The van der Waals surface area contributed by atoms with E-state index in [1.54, 1.807) is 13.2 Å². The van der Waals surface area contributed by atoms with Gasteiger partial charge in [0, 0.05) is 18.4 Å². The summed E-state index contributed by atoms with van der Waals surface area (Å²) in [7, 11) is 1.54. The predicted octanol–water partition coefficient (Wildman–Crippen LogP) is 2.85. The quantitative estimate of drug-likeness (QED) is 0.548. The Bertz CT molecular complexity index is 1060. The number of hydrogen-bond donors (Lipinski definition) is 0. The molecule has 1 aromatic carbocycles. The zero-order valence-electron chi connectivity index (χ0n) is 16.8. The number of ether oxygens (including phenoxy) is 1. The molecular weight excluding hydrogens is 400 g/mol. The summed E-state index contributed by atoms with van der Waals surface area (Å²) in [5.41, 5.74) is 3.01. The van der Waals surface area contributed by atoms with Crippen molar-refractivity contribution in [3.8, 4) is 0 Å². The molecule has 5 rings (SSSR count). The van der Waals surface area contributed by atoms with Gasteiger partial charge in [-0.05, 0) is 30.0 Å². The van der Waals surface area contributed by atoms with Gasteiger partial charge in [0.15, 0.2) is 5.78 Å². The number of allylic oxidation sites excluding steroid dienone is 1. The van der Waals surface area contributed by atoms with Crippen molar-refractivity contribution < 1.29 is 19.1 Å². The topological polar surface area (TPSA) is 66.9 Å². The van der Waals surface area contributed by atoms with E-state index in [0.29, 0.717) is 4.88 Å². The van der Waals surface area contributed by atoms with Crippen LogP contribution in [-0.2, 0) is 14.3 Å². The molecule has 0 aliphatic carbocycles. The van der Waals surface area contributed by atoms with Crippen LogP contribution in [0.3, 0.4) is 0 Å². The van der Waals surface area contributed by atoms with Crippen molar-refractivity contribution in [3.05, 3.63) is 58.3 Å². The van der Waals surface area contributed by atoms with Gasteiger partial charge in [-0.1, -0.05) is 30.3 Å². The van der Waals surface area contributed by atoms with Gasteiger partial charge >= 0.3 is 0 Å². The average Bonchev–Trinajstić information content (AvgIpc) is 3.44. The number of likely N-dealkylation sites (tertiary alicyclic amines) is 1. The second kappa shape index (κ2) is 7.18. The highest BCUT2D eigenvalue weighted by Crippen LogP contribution is 2.50. The molecule has 2 aromatic rings. The lowest BCUT2D eigenvalue weighted by Crippen LogP contribution is -2.49. The Morgan fingerprint density at radius 2 is 1.87 bits per heavy atom. The number of thiophene rings is 1. The lowest BCUT2D eigenvalue weighted by molar-refractivity contribution is -0.141. The zero-order valence-corrected chi connectivity index (χ0v) is 17.6. The Morgan fingerprint density at radius 3 is 2.60 bits per heavy atom. The summed E-state index contributed by atoms with van der Waals surface area (Å²) < 4.78 is 5.09. The third-order valence-corrected chi connectivity index (χ3v) is 7.28. The molecule has 2 saturated heterocycles. The number of amides is 2. The standard InChI is InChI=1S/C23H22N2O4S/c1-13-12-16-18-19(23(28)24(22(18)27)9-10-29-2)20(21(26)17-8-5-11-30-17)25(16)15-7-4-3-6-14(13)15/h3-8,11-12,16,18-20H,9-10H2,1-2H3/t16-,18-,19-,20-/m0/s1. The van der Waals surface area contributed by atoms with E-state index >= 15 is 0 Å². The van der Waals surface area contributed by atoms with E-state index < -0.39 is 17.9 Å². The van der Waals surface area contributed by atoms with Crippen LogP contribution in [0.25, 0.3) is 5.57 Å². The maximum atomic E-state index is 13.6. The van der Waals surface area contributed by atoms with Crippen LogP contribution >= 0.6 is 11.3 Å². The van der Waals surface area contributed by atoms with Crippen LogP contribution in [0.5, 0.6) is 0 Å². The lowest BCUT2D eigenvalue weighted by Gasteiger charge is -2.37. The SMILES string of the molecule is COCCN1C(=O)[C@@H]2[C@H](C1=O)[C@@H](C(=O)c1cccs1)N1c3ccccc3C(C)=C[C@@H]21. The Balaban J connectivity index is 1.65. The fourth-order valence-corrected chi connectivity index (χ4v) is 5.82. The van der Waals surface area contributed by atoms with Gasteiger partial charge in [0.1, 0.15) is 6.04 Å². The van der Waals surface area contributed by atoms with Crippen molar-refractivity contribution in [2.45, 2.75) is 19.0 Å². The summed E-state index contributed by atoms with van der Waals surface area (Å²) >= 11 is 1.37. The number of benzene rings is 1. The van der Waals surface area contributed by atoms with E-state index in [1.165, 1.54) is 16.2 Å². The number of carbonyl (C=O) groups is 3. The summed E-state index contributed by atoms with van der Waals surface area (Å²) in [6.45, 7) is 2.52. The van der Waals surface area contributed by atoms with Crippen LogP contribution in [0.15, 0.2) is 47.9 Å². The van der Waals surface area contributed by atoms with Gasteiger partial charge in [-0.25, -0.2) is 0 Å². The summed E-state index contributed by atoms with van der Waals surface area (Å²) in [6, 6.07) is 10.5. The number of imide groups is 1. The minimum Gasteiger partial charge on any atom is -0.383 e. The summed E-state index contributed by atoms with van der Waals surface area (Å²) in [5, 5.41) is 1.86. The van der Waals surface area contributed by atoms with E-state index in [0.717, 1.165) is 16.8 Å². The zero-order chi connectivity index (χ0) is 21.0. The molecule has 0 saturated carbocycles. The number of anilines is 1. The second-order valence-corrected chi connectivity index (χ2v) is 8.87. The van der Waals surface area contributed by atoms with E-state index in [1.807, 2.05) is 53.6 Å². The number of ketones is 1. The van der Waals surface area contributed by atoms with Crippen LogP contribution in [0.4, 0.5) is 5.69 Å². The lowest BCUT2D eigenvalue weighted by atomic mass is 9.86. The molecule has 0 N–H and O–H groups in total. The summed E-state index contributed by atoms with van der Waals surface area (Å²) in [6.07, 6.45) is 2.05. The first kappa shape index (κ1) is 19.2. The third kappa shape index (κ3) is 2.62. The van der Waals surface area contributed by atoms with Crippen LogP contribution in [-0.4, -0.2) is 54.8 Å². The molecule has 4 heterocycles. The number of methoxy groups -OCH3 is 1. The molecule has 3 aliphatic rings. The Morgan fingerprint density at radius 1 is 1.10 bits per heavy atom. The molecule has 0 spiro atoms. The van der Waals surface area contributed by atoms with Gasteiger partial charge in [-0.3, -0.25) is 19.3 Å². The molecule has 2 amide bonds. The van der Waals surface area contributed by atoms with E-state index in [2.05, 4.69) is 0 Å². The van der Waals surface area contributed by atoms with Gasteiger partial charge < -0.3 is 9.64 Å². The number of fused-ring (bicyclic) bond motifs is 5. The van der Waals surface area contributed by atoms with Crippen LogP contribution < -0.4 is 4.90 Å². The van der Waals surface area contributed by atoms with Gasteiger partial charge in [0.25, 0.3) is 0 Å². The molecule has 1 aromatic heterocycles. The molecule has 2 fully saturated rings. The maximum Gasteiger partial charge on any atom is 0.235 e. The van der Waals surface area contributed by atoms with Crippen molar-refractivity contribution in [1.29, 1.82) is 0 Å². The minimum atomic E-state index is -0.701. The Labute approximate surface area is 178 Å². The van der Waals surface area contributed by atoms with Crippen molar-refractivity contribution in [3.63, 3.8) is 0 Å². The highest BCUT2D eigenvalue weighted by molar-refractivity contribution is 7.12. The van der Waals surface area contributed by atoms with Gasteiger partial charge in [-0.2, -0.15) is 0 Å². The van der Waals surface area contributed by atoms with E-state index in [-0.39, 0.29) is 36.8 Å². The molecular formula is C23H22N2O4S. The first-order chi connectivity index (χ1) is 14.5. The van der Waals surface area contributed by atoms with Crippen molar-refractivity contribution in [1.82, 2.24) is 4.90 Å². The van der Waals surface area contributed by atoms with Gasteiger partial charge in [0.2, 0.25) is 11.8 Å². The van der Waals surface area contributed by atoms with Gasteiger partial charge in [0.05, 0.1) is 35.9 Å². The largest absolute Gasteiger partial charge is 0.383 e. The summed E-state index contributed by atoms with van der Waals surface area (Å²) in [4.78, 5) is 44.2. The third-order valence-electron chi connectivity index (χ3n) is 6.40. The van der Waals surface area contributed by atoms with Crippen molar-refractivity contribution >= 4 is 40.2 Å². The molecule has 7 heteroatoms. The minimum absolute atomic E-state index is 0.0972. The molecule has 0 unspecified atom stereocenters. The number of hydrogen-bond acceptors (Lipinski definition) is 6. The Kier molecular flexibility index (Phi) is 4.60. The predicted molar refractivity (Wildman–Crippen MR) is 114 cm³/mol. The summed E-state index contributed by atoms with van der Waals surface area (Å²) in [5.74, 6) is -1.83. The molecule has 3 aliphatic heterocycles. The van der Waals surface area contributed by atoms with E-state index in [9.17, 15) is 14.4 Å². The van der Waals surface area contributed by atoms with Crippen LogP contribution in [0, 0.1) is 11.8 Å². The van der Waals surface area contributed by atoms with Crippen molar-refractivity contribution in [2.75, 3.05) is 25.2 Å². The number of Topliss-reactive ketones (excluding diaryl/α,β-unsaturated/α-hetero) is 1. The highest BCUT2D eigenvalue weighted by atomic mass is 32.1. The molecule has 0 radical (unpaired) electrons. The molecule has 6 nitrogen and oxygen atoms in total. The monoisotopic (exact) mass is 422 g/mol. The molecule has 4 atom stereocenters. The number of carbonyl (C=O) groups excluding carboxylic acids is 3. The molecule has 154 valence electrons. The fourth-order valence-electron chi connectivity index (χ4n) is 5.13. The van der Waals surface area contributed by atoms with Crippen LogP contribution in [0.1, 0.15) is 22.2 Å². The Hall–Kier alpha value is -2.77. The number of para-hydroxylation sites is 1. The normalized spacial score (nSPS) is 27.1. The van der Waals surface area contributed by atoms with Crippen molar-refractivity contribution in [2.24, 2.45) is 11.8 Å². The average molecular weight is 423 g/mol.